The van der Waals surface area contributed by atoms with Crippen LogP contribution >= 0.6 is 0 Å². The minimum atomic E-state index is -0.531. The summed E-state index contributed by atoms with van der Waals surface area (Å²) >= 11 is 0. The molecule has 0 saturated carbocycles. The first kappa shape index (κ1) is 19.8. The van der Waals surface area contributed by atoms with Crippen molar-refractivity contribution in [1.29, 1.82) is 0 Å². The second kappa shape index (κ2) is 10.4. The Morgan fingerprint density at radius 3 is 2.89 bits per heavy atom. The maximum absolute atomic E-state index is 10.2. The number of hydrogen-bond acceptors (Lipinski definition) is 6. The minimum Gasteiger partial charge on any atom is -0.491 e. The first-order valence-corrected chi connectivity index (χ1v) is 9.67. The average molecular weight is 374 g/mol. The molecule has 0 amide bonds. The smallest absolute Gasteiger partial charge is 0.119 e. The Kier molecular flexibility index (Phi) is 7.65. The zero-order valence-electron chi connectivity index (χ0n) is 15.7. The number of nitrogens with one attached hydrogen (secondary N) is 1. The molecule has 1 aromatic heterocycles. The lowest BCUT2D eigenvalue weighted by atomic mass is 10.1. The van der Waals surface area contributed by atoms with Crippen LogP contribution in [0, 0.1) is 0 Å². The monoisotopic (exact) mass is 374 g/mol. The van der Waals surface area contributed by atoms with Gasteiger partial charge in [-0.2, -0.15) is 5.10 Å². The third-order valence-corrected chi connectivity index (χ3v) is 4.77. The average Bonchev–Trinajstić information content (AvgIpc) is 3.19. The Morgan fingerprint density at radius 1 is 1.26 bits per heavy atom. The molecule has 0 aliphatic carbocycles. The van der Waals surface area contributed by atoms with Crippen molar-refractivity contribution in [3.63, 3.8) is 0 Å². The van der Waals surface area contributed by atoms with E-state index in [1.54, 1.807) is 6.20 Å². The Labute approximate surface area is 160 Å². The lowest BCUT2D eigenvalue weighted by Crippen LogP contribution is -2.41. The molecule has 7 heteroatoms. The second-order valence-electron chi connectivity index (χ2n) is 7.09. The highest BCUT2D eigenvalue weighted by atomic mass is 16.5. The molecule has 1 unspecified atom stereocenters. The molecule has 1 aromatic carbocycles. The maximum Gasteiger partial charge on any atom is 0.119 e. The van der Waals surface area contributed by atoms with E-state index in [-0.39, 0.29) is 12.7 Å². The van der Waals surface area contributed by atoms with E-state index in [4.69, 9.17) is 4.74 Å². The number of likely N-dealkylation sites (tertiary alicyclic amines) is 1. The third kappa shape index (κ3) is 6.95. The number of β-amino-alcohol motifs (C(OH)–C–C–N with tert-alkyl or cyclic N) is 1. The normalized spacial score (nSPS) is 17.1. The number of piperidine rings is 1. The van der Waals surface area contributed by atoms with Crippen LogP contribution in [0.4, 0.5) is 0 Å². The zero-order chi connectivity index (χ0) is 18.9. The predicted octanol–water partition coefficient (Wildman–Crippen LogP) is 0.869. The number of hydrogen-bond donors (Lipinski definition) is 3. The lowest BCUT2D eigenvalue weighted by Gasteiger charge is -2.30. The molecular formula is C20H30N4O3. The number of benzene rings is 1. The number of aliphatic hydroxyl groups is 2. The van der Waals surface area contributed by atoms with E-state index in [1.807, 2.05) is 35.1 Å². The van der Waals surface area contributed by atoms with Crippen LogP contribution in [0.25, 0.3) is 0 Å². The van der Waals surface area contributed by atoms with E-state index in [0.29, 0.717) is 6.54 Å². The fraction of sp³-hybridized carbons (Fsp3) is 0.550. The van der Waals surface area contributed by atoms with Gasteiger partial charge >= 0.3 is 0 Å². The maximum atomic E-state index is 10.2. The van der Waals surface area contributed by atoms with Gasteiger partial charge in [-0.25, -0.2) is 0 Å². The molecule has 1 aliphatic rings. The first-order valence-electron chi connectivity index (χ1n) is 9.67. The summed E-state index contributed by atoms with van der Waals surface area (Å²) in [5.41, 5.74) is 1.15. The molecule has 27 heavy (non-hydrogen) atoms. The summed E-state index contributed by atoms with van der Waals surface area (Å²) in [7, 11) is 0. The Hall–Kier alpha value is -1.93. The van der Waals surface area contributed by atoms with Crippen LogP contribution in [0.3, 0.4) is 0 Å². The number of nitrogens with zero attached hydrogens (tertiary/aromatic N) is 3. The van der Waals surface area contributed by atoms with Crippen LogP contribution in [0.15, 0.2) is 42.7 Å². The summed E-state index contributed by atoms with van der Waals surface area (Å²) in [6, 6.07) is 9.87. The lowest BCUT2D eigenvalue weighted by molar-refractivity contribution is 0.0337. The molecular weight excluding hydrogens is 344 g/mol. The Balaban J connectivity index is 1.35. The highest BCUT2D eigenvalue weighted by molar-refractivity contribution is 5.28. The van der Waals surface area contributed by atoms with Crippen LogP contribution in [0.5, 0.6) is 5.75 Å². The minimum absolute atomic E-state index is 0.189. The van der Waals surface area contributed by atoms with Crippen molar-refractivity contribution >= 4 is 0 Å². The van der Waals surface area contributed by atoms with Crippen molar-refractivity contribution in [2.24, 2.45) is 0 Å². The van der Waals surface area contributed by atoms with E-state index >= 15 is 0 Å². The largest absolute Gasteiger partial charge is 0.491 e. The van der Waals surface area contributed by atoms with Crippen LogP contribution in [-0.4, -0.2) is 69.9 Å². The van der Waals surface area contributed by atoms with Gasteiger partial charge in [0.2, 0.25) is 0 Å². The van der Waals surface area contributed by atoms with Gasteiger partial charge in [0.25, 0.3) is 0 Å². The van der Waals surface area contributed by atoms with Gasteiger partial charge in [0, 0.05) is 45.1 Å². The zero-order valence-corrected chi connectivity index (χ0v) is 15.7. The molecule has 148 valence electrons. The van der Waals surface area contributed by atoms with E-state index in [9.17, 15) is 10.2 Å². The van der Waals surface area contributed by atoms with Crippen molar-refractivity contribution in [3.8, 4) is 5.75 Å². The summed E-state index contributed by atoms with van der Waals surface area (Å²) in [6.45, 7) is 4.96. The Bertz CT molecular complexity index is 657. The fourth-order valence-corrected chi connectivity index (χ4v) is 3.25. The van der Waals surface area contributed by atoms with Crippen LogP contribution in [-0.2, 0) is 13.1 Å². The summed E-state index contributed by atoms with van der Waals surface area (Å²) in [4.78, 5) is 2.18. The van der Waals surface area contributed by atoms with Crippen molar-refractivity contribution in [2.75, 3.05) is 32.8 Å². The number of ether oxygens (including phenoxy) is 1. The molecule has 2 heterocycles. The SMILES string of the molecule is OC1CCN(CC(O)COc2cccc(CNCCn3cccn3)c2)CC1. The van der Waals surface area contributed by atoms with Gasteiger partial charge in [0.1, 0.15) is 18.5 Å². The molecule has 0 bridgehead atoms. The highest BCUT2D eigenvalue weighted by Crippen LogP contribution is 2.14. The summed E-state index contributed by atoms with van der Waals surface area (Å²) < 4.78 is 7.67. The van der Waals surface area contributed by atoms with Crippen LogP contribution in [0.2, 0.25) is 0 Å². The van der Waals surface area contributed by atoms with Crippen LogP contribution in [0.1, 0.15) is 18.4 Å². The van der Waals surface area contributed by atoms with Crippen molar-refractivity contribution in [2.45, 2.75) is 38.1 Å². The molecule has 7 nitrogen and oxygen atoms in total. The third-order valence-electron chi connectivity index (χ3n) is 4.77. The van der Waals surface area contributed by atoms with Crippen molar-refractivity contribution in [1.82, 2.24) is 20.0 Å². The van der Waals surface area contributed by atoms with E-state index < -0.39 is 6.10 Å². The van der Waals surface area contributed by atoms with Gasteiger partial charge in [-0.05, 0) is 36.6 Å². The first-order chi connectivity index (χ1) is 13.2. The topological polar surface area (TPSA) is 82.8 Å². The van der Waals surface area contributed by atoms with Gasteiger partial charge in [-0.1, -0.05) is 12.1 Å². The summed E-state index contributed by atoms with van der Waals surface area (Å²) in [5, 5.41) is 27.3. The summed E-state index contributed by atoms with van der Waals surface area (Å²) in [5.74, 6) is 0.773. The highest BCUT2D eigenvalue weighted by Gasteiger charge is 2.19. The second-order valence-corrected chi connectivity index (χ2v) is 7.09. The molecule has 3 N–H and O–H groups in total. The van der Waals surface area contributed by atoms with Crippen molar-refractivity contribution in [3.05, 3.63) is 48.3 Å². The molecule has 1 fully saturated rings. The molecule has 0 spiro atoms. The number of rotatable bonds is 10. The summed E-state index contributed by atoms with van der Waals surface area (Å²) in [6.07, 6.45) is 4.57. The van der Waals surface area contributed by atoms with Gasteiger partial charge in [-0.15, -0.1) is 0 Å². The molecule has 3 rings (SSSR count). The van der Waals surface area contributed by atoms with Crippen LogP contribution < -0.4 is 10.1 Å². The molecule has 0 radical (unpaired) electrons. The van der Waals surface area contributed by atoms with Gasteiger partial charge in [0.05, 0.1) is 12.6 Å². The molecule has 1 saturated heterocycles. The van der Waals surface area contributed by atoms with Gasteiger partial charge in [0.15, 0.2) is 0 Å². The van der Waals surface area contributed by atoms with E-state index in [2.05, 4.69) is 21.4 Å². The molecule has 1 aliphatic heterocycles. The fourth-order valence-electron chi connectivity index (χ4n) is 3.25. The van der Waals surface area contributed by atoms with E-state index in [0.717, 1.165) is 56.9 Å². The molecule has 1 atom stereocenters. The standard InChI is InChI=1S/C20H30N4O3/c25-18-5-10-23(11-6-18)15-19(26)16-27-20-4-1-3-17(13-20)14-21-8-12-24-9-2-7-22-24/h1-4,7,9,13,18-19,21,25-26H,5-6,8,10-12,14-16H2. The number of aromatic nitrogens is 2. The van der Waals surface area contributed by atoms with Gasteiger partial charge in [-0.3, -0.25) is 4.68 Å². The molecule has 2 aromatic rings. The van der Waals surface area contributed by atoms with Gasteiger partial charge < -0.3 is 25.2 Å². The predicted molar refractivity (Wildman–Crippen MR) is 104 cm³/mol. The Morgan fingerprint density at radius 2 is 2.11 bits per heavy atom. The van der Waals surface area contributed by atoms with E-state index in [1.165, 1.54) is 0 Å². The number of aliphatic hydroxyl groups excluding tert-OH is 2. The quantitative estimate of drug-likeness (QED) is 0.536. The van der Waals surface area contributed by atoms with Crippen molar-refractivity contribution < 1.29 is 14.9 Å².